The van der Waals surface area contributed by atoms with Crippen LogP contribution in [0.25, 0.3) is 10.2 Å². The minimum Gasteiger partial charge on any atom is -0.494 e. The van der Waals surface area contributed by atoms with Gasteiger partial charge < -0.3 is 10.1 Å². The third-order valence-corrected chi connectivity index (χ3v) is 7.12. The Morgan fingerprint density at radius 3 is 2.67 bits per heavy atom. The highest BCUT2D eigenvalue weighted by molar-refractivity contribution is 7.89. The van der Waals surface area contributed by atoms with Gasteiger partial charge in [0.2, 0.25) is 15.9 Å². The Morgan fingerprint density at radius 1 is 1.23 bits per heavy atom. The summed E-state index contributed by atoms with van der Waals surface area (Å²) >= 11 is 1.35. The van der Waals surface area contributed by atoms with Crippen LogP contribution in [-0.4, -0.2) is 43.8 Å². The van der Waals surface area contributed by atoms with Gasteiger partial charge in [-0.3, -0.25) is 4.79 Å². The average Bonchev–Trinajstić information content (AvgIpc) is 3.09. The van der Waals surface area contributed by atoms with Crippen molar-refractivity contribution < 1.29 is 22.3 Å². The van der Waals surface area contributed by atoms with Crippen molar-refractivity contribution in [1.29, 1.82) is 0 Å². The number of halogens is 1. The molecule has 10 heteroatoms. The number of aromatic nitrogens is 1. The quantitative estimate of drug-likeness (QED) is 0.533. The monoisotopic (exact) mass is 451 g/mol. The summed E-state index contributed by atoms with van der Waals surface area (Å²) in [7, 11) is -2.30. The molecule has 0 spiro atoms. The average molecular weight is 452 g/mol. The first-order chi connectivity index (χ1) is 14.3. The van der Waals surface area contributed by atoms with Crippen molar-refractivity contribution in [2.45, 2.75) is 24.7 Å². The number of carbonyl (C=O) groups excluding carboxylic acids is 1. The maximum atomic E-state index is 13.0. The van der Waals surface area contributed by atoms with E-state index in [1.807, 2.05) is 25.1 Å². The minimum atomic E-state index is -3.73. The first-order valence-electron chi connectivity index (χ1n) is 9.34. The van der Waals surface area contributed by atoms with E-state index in [1.165, 1.54) is 30.5 Å². The number of ether oxygens (including phenoxy) is 1. The number of hydrogen-bond donors (Lipinski definition) is 1. The molecule has 0 aliphatic rings. The van der Waals surface area contributed by atoms with Gasteiger partial charge in [-0.1, -0.05) is 11.3 Å². The van der Waals surface area contributed by atoms with Crippen LogP contribution in [0.15, 0.2) is 47.4 Å². The standard InChI is InChI=1S/C20H22FN3O4S2/c1-3-28-15-8-11-17-18(13-15)29-20(22-17)23-19(25)5-4-12-24(2)30(26,27)16-9-6-14(21)7-10-16/h6-11,13H,3-5,12H2,1-2H3,(H,22,23,25). The summed E-state index contributed by atoms with van der Waals surface area (Å²) in [6, 6.07) is 10.2. The summed E-state index contributed by atoms with van der Waals surface area (Å²) < 4.78 is 45.5. The molecule has 0 atom stereocenters. The number of nitrogens with one attached hydrogen (secondary N) is 1. The molecule has 1 aromatic heterocycles. The van der Waals surface area contributed by atoms with Crippen molar-refractivity contribution in [3.63, 3.8) is 0 Å². The van der Waals surface area contributed by atoms with Crippen LogP contribution in [0.4, 0.5) is 9.52 Å². The molecule has 0 bridgehead atoms. The summed E-state index contributed by atoms with van der Waals surface area (Å²) in [5, 5.41) is 3.23. The van der Waals surface area contributed by atoms with Gasteiger partial charge in [-0.05, 0) is 55.8 Å². The molecule has 1 N–H and O–H groups in total. The molecule has 1 amide bonds. The number of sulfonamides is 1. The van der Waals surface area contributed by atoms with Gasteiger partial charge in [0, 0.05) is 20.0 Å². The summed E-state index contributed by atoms with van der Waals surface area (Å²) in [5.41, 5.74) is 0.767. The smallest absolute Gasteiger partial charge is 0.242 e. The first-order valence-corrected chi connectivity index (χ1v) is 11.6. The molecule has 0 radical (unpaired) electrons. The molecule has 160 valence electrons. The van der Waals surface area contributed by atoms with Crippen LogP contribution in [0.3, 0.4) is 0 Å². The Labute approximate surface area is 178 Å². The fourth-order valence-corrected chi connectivity index (χ4v) is 4.89. The van der Waals surface area contributed by atoms with Gasteiger partial charge in [0.1, 0.15) is 11.6 Å². The maximum absolute atomic E-state index is 13.0. The van der Waals surface area contributed by atoms with E-state index in [4.69, 9.17) is 4.74 Å². The molecule has 2 aromatic carbocycles. The Balaban J connectivity index is 1.53. The largest absolute Gasteiger partial charge is 0.494 e. The van der Waals surface area contributed by atoms with E-state index in [1.54, 1.807) is 0 Å². The predicted molar refractivity (Wildman–Crippen MR) is 115 cm³/mol. The summed E-state index contributed by atoms with van der Waals surface area (Å²) in [4.78, 5) is 16.6. The van der Waals surface area contributed by atoms with E-state index >= 15 is 0 Å². The van der Waals surface area contributed by atoms with Crippen molar-refractivity contribution in [2.75, 3.05) is 25.5 Å². The van der Waals surface area contributed by atoms with E-state index in [9.17, 15) is 17.6 Å². The zero-order valence-electron chi connectivity index (χ0n) is 16.6. The van der Waals surface area contributed by atoms with Crippen LogP contribution in [0.5, 0.6) is 5.75 Å². The SMILES string of the molecule is CCOc1ccc2nc(NC(=O)CCCN(C)S(=O)(=O)c3ccc(F)cc3)sc2c1. The van der Waals surface area contributed by atoms with E-state index < -0.39 is 15.8 Å². The maximum Gasteiger partial charge on any atom is 0.242 e. The third-order valence-electron chi connectivity index (χ3n) is 4.32. The van der Waals surface area contributed by atoms with Crippen LogP contribution < -0.4 is 10.1 Å². The van der Waals surface area contributed by atoms with Crippen LogP contribution >= 0.6 is 11.3 Å². The Morgan fingerprint density at radius 2 is 1.97 bits per heavy atom. The van der Waals surface area contributed by atoms with Crippen LogP contribution in [0.2, 0.25) is 0 Å². The molecule has 30 heavy (non-hydrogen) atoms. The molecular weight excluding hydrogens is 429 g/mol. The van der Waals surface area contributed by atoms with Crippen LogP contribution in [-0.2, 0) is 14.8 Å². The number of nitrogens with zero attached hydrogens (tertiary/aromatic N) is 2. The fraction of sp³-hybridized carbons (Fsp3) is 0.300. The zero-order valence-corrected chi connectivity index (χ0v) is 18.2. The van der Waals surface area contributed by atoms with Crippen molar-refractivity contribution in [1.82, 2.24) is 9.29 Å². The fourth-order valence-electron chi connectivity index (χ4n) is 2.77. The third kappa shape index (κ3) is 5.32. The first kappa shape index (κ1) is 22.1. The summed E-state index contributed by atoms with van der Waals surface area (Å²) in [5.74, 6) is 0.000769. The topological polar surface area (TPSA) is 88.6 Å². The predicted octanol–water partition coefficient (Wildman–Crippen LogP) is 3.87. The van der Waals surface area contributed by atoms with Crippen LogP contribution in [0, 0.1) is 5.82 Å². The number of carbonyl (C=O) groups is 1. The van der Waals surface area contributed by atoms with Gasteiger partial charge in [0.25, 0.3) is 0 Å². The lowest BCUT2D eigenvalue weighted by molar-refractivity contribution is -0.116. The van der Waals surface area contributed by atoms with Gasteiger partial charge in [0.05, 0.1) is 21.7 Å². The normalized spacial score (nSPS) is 11.7. The second-order valence-electron chi connectivity index (χ2n) is 6.51. The lowest BCUT2D eigenvalue weighted by atomic mass is 10.3. The highest BCUT2D eigenvalue weighted by Gasteiger charge is 2.20. The van der Waals surface area contributed by atoms with Crippen molar-refractivity contribution >= 4 is 42.6 Å². The highest BCUT2D eigenvalue weighted by atomic mass is 32.2. The zero-order chi connectivity index (χ0) is 21.7. The van der Waals surface area contributed by atoms with Crippen molar-refractivity contribution in [3.05, 3.63) is 48.3 Å². The van der Waals surface area contributed by atoms with E-state index in [0.29, 0.717) is 18.2 Å². The van der Waals surface area contributed by atoms with Gasteiger partial charge in [-0.25, -0.2) is 22.1 Å². The minimum absolute atomic E-state index is 0.0109. The lowest BCUT2D eigenvalue weighted by Crippen LogP contribution is -2.28. The number of fused-ring (bicyclic) bond motifs is 1. The number of hydrogen-bond acceptors (Lipinski definition) is 6. The van der Waals surface area contributed by atoms with Gasteiger partial charge in [-0.15, -0.1) is 0 Å². The molecule has 1 heterocycles. The number of anilines is 1. The molecule has 3 aromatic rings. The van der Waals surface area contributed by atoms with Gasteiger partial charge in [0.15, 0.2) is 5.13 Å². The molecule has 0 aliphatic heterocycles. The number of amides is 1. The Bertz CT molecular complexity index is 1130. The molecule has 3 rings (SSSR count). The van der Waals surface area contributed by atoms with Crippen molar-refractivity contribution in [2.24, 2.45) is 0 Å². The molecule has 0 saturated heterocycles. The van der Waals surface area contributed by atoms with E-state index in [2.05, 4.69) is 10.3 Å². The lowest BCUT2D eigenvalue weighted by Gasteiger charge is -2.16. The highest BCUT2D eigenvalue weighted by Crippen LogP contribution is 2.29. The second kappa shape index (κ2) is 9.50. The molecule has 0 aliphatic carbocycles. The molecular formula is C20H22FN3O4S2. The Kier molecular flexibility index (Phi) is 7.01. The number of rotatable bonds is 9. The number of benzene rings is 2. The second-order valence-corrected chi connectivity index (χ2v) is 9.59. The van der Waals surface area contributed by atoms with E-state index in [0.717, 1.165) is 32.4 Å². The van der Waals surface area contributed by atoms with Gasteiger partial charge in [-0.2, -0.15) is 0 Å². The van der Waals surface area contributed by atoms with E-state index in [-0.39, 0.29) is 23.8 Å². The summed E-state index contributed by atoms with van der Waals surface area (Å²) in [6.07, 6.45) is 0.478. The van der Waals surface area contributed by atoms with Crippen LogP contribution in [0.1, 0.15) is 19.8 Å². The molecule has 0 saturated carbocycles. The molecule has 0 fully saturated rings. The van der Waals surface area contributed by atoms with Gasteiger partial charge >= 0.3 is 0 Å². The summed E-state index contributed by atoms with van der Waals surface area (Å²) in [6.45, 7) is 2.63. The molecule has 0 unspecified atom stereocenters. The Hall–Kier alpha value is -2.56. The van der Waals surface area contributed by atoms with Crippen molar-refractivity contribution in [3.8, 4) is 5.75 Å². The number of thiazole rings is 1. The molecule has 7 nitrogen and oxygen atoms in total.